The zero-order chi connectivity index (χ0) is 30.2. The highest BCUT2D eigenvalue weighted by Gasteiger charge is 2.18. The van der Waals surface area contributed by atoms with Gasteiger partial charge in [0.25, 0.3) is 0 Å². The molecule has 6 nitrogen and oxygen atoms in total. The topological polar surface area (TPSA) is 93.1 Å². The van der Waals surface area contributed by atoms with E-state index < -0.39 is 0 Å². The third-order valence-corrected chi connectivity index (χ3v) is 7.53. The molecule has 0 spiro atoms. The van der Waals surface area contributed by atoms with Gasteiger partial charge < -0.3 is 19.7 Å². The highest BCUT2D eigenvalue weighted by atomic mass is 16.5. The molecule has 0 aliphatic heterocycles. The molecule has 0 bridgehead atoms. The number of ether oxygens (including phenoxy) is 2. The molecule has 42 heavy (non-hydrogen) atoms. The number of aldehydes is 2. The predicted molar refractivity (Wildman–Crippen MR) is 169 cm³/mol. The van der Waals surface area contributed by atoms with E-state index in [9.17, 15) is 19.8 Å². The van der Waals surface area contributed by atoms with Crippen LogP contribution in [0, 0.1) is 0 Å². The van der Waals surface area contributed by atoms with Gasteiger partial charge in [0.15, 0.2) is 12.6 Å². The lowest BCUT2D eigenvalue weighted by Gasteiger charge is -2.19. The Hall–Kier alpha value is -3.80. The van der Waals surface area contributed by atoms with Gasteiger partial charge in [-0.3, -0.25) is 9.59 Å². The predicted octanol–water partition coefficient (Wildman–Crippen LogP) is 9.54. The van der Waals surface area contributed by atoms with Crippen molar-refractivity contribution < 1.29 is 29.3 Å². The second-order valence-electron chi connectivity index (χ2n) is 10.9. The maximum absolute atomic E-state index is 11.3. The molecule has 0 atom stereocenters. The van der Waals surface area contributed by atoms with Crippen molar-refractivity contribution in [2.45, 2.75) is 90.9 Å². The Morgan fingerprint density at radius 1 is 0.548 bits per heavy atom. The van der Waals surface area contributed by atoms with E-state index in [4.69, 9.17) is 9.47 Å². The first-order valence-corrected chi connectivity index (χ1v) is 15.5. The van der Waals surface area contributed by atoms with Crippen LogP contribution < -0.4 is 9.47 Å². The molecular formula is C36H46O6. The first kappa shape index (κ1) is 32.7. The van der Waals surface area contributed by atoms with Crippen LogP contribution in [-0.2, 0) is 0 Å². The zero-order valence-corrected chi connectivity index (χ0v) is 25.2. The van der Waals surface area contributed by atoms with Gasteiger partial charge in [0.05, 0.1) is 24.3 Å². The van der Waals surface area contributed by atoms with Gasteiger partial charge in [-0.2, -0.15) is 0 Å². The highest BCUT2D eigenvalue weighted by Crippen LogP contribution is 2.43. The molecule has 6 heteroatoms. The second-order valence-corrected chi connectivity index (χ2v) is 10.9. The van der Waals surface area contributed by atoms with Crippen molar-refractivity contribution >= 4 is 12.6 Å². The Bertz CT molecular complexity index is 1180. The van der Waals surface area contributed by atoms with Crippen LogP contribution in [0.3, 0.4) is 0 Å². The van der Waals surface area contributed by atoms with Gasteiger partial charge in [-0.05, 0) is 60.4 Å². The Labute approximate surface area is 250 Å². The SMILES string of the molecule is CCCCCCCCOc1cc(-c2ccc(C=O)c(O)c2)c(OCCCCCCCC)cc1-c1ccc(C=O)c(O)c1. The third kappa shape index (κ3) is 9.64. The Kier molecular flexibility index (Phi) is 13.9. The van der Waals surface area contributed by atoms with Gasteiger partial charge in [-0.15, -0.1) is 0 Å². The van der Waals surface area contributed by atoms with Gasteiger partial charge in [0.2, 0.25) is 0 Å². The molecule has 0 fully saturated rings. The number of carbonyl (C=O) groups excluding carboxylic acids is 2. The summed E-state index contributed by atoms with van der Waals surface area (Å²) in [5, 5.41) is 20.9. The number of rotatable bonds is 20. The number of hydrogen-bond acceptors (Lipinski definition) is 6. The molecule has 2 N–H and O–H groups in total. The minimum atomic E-state index is -0.0997. The summed E-state index contributed by atoms with van der Waals surface area (Å²) in [4.78, 5) is 22.6. The number of phenols is 2. The van der Waals surface area contributed by atoms with E-state index in [1.807, 2.05) is 12.1 Å². The van der Waals surface area contributed by atoms with Gasteiger partial charge in [0.1, 0.15) is 23.0 Å². The van der Waals surface area contributed by atoms with Crippen LogP contribution in [0.15, 0.2) is 48.5 Å². The summed E-state index contributed by atoms with van der Waals surface area (Å²) in [5.41, 5.74) is 3.32. The summed E-state index contributed by atoms with van der Waals surface area (Å²) >= 11 is 0. The van der Waals surface area contributed by atoms with Gasteiger partial charge in [0, 0.05) is 11.1 Å². The van der Waals surface area contributed by atoms with Crippen LogP contribution >= 0.6 is 0 Å². The summed E-state index contributed by atoms with van der Waals surface area (Å²) in [6.45, 7) is 5.47. The second kappa shape index (κ2) is 17.9. The lowest BCUT2D eigenvalue weighted by atomic mass is 9.96. The molecule has 3 aromatic carbocycles. The molecule has 0 unspecified atom stereocenters. The molecular weight excluding hydrogens is 528 g/mol. The van der Waals surface area contributed by atoms with E-state index in [-0.39, 0.29) is 22.6 Å². The number of unbranched alkanes of at least 4 members (excludes halogenated alkanes) is 10. The van der Waals surface area contributed by atoms with Gasteiger partial charge in [-0.1, -0.05) is 90.2 Å². The lowest BCUT2D eigenvalue weighted by molar-refractivity contribution is 0.111. The van der Waals surface area contributed by atoms with E-state index in [0.717, 1.165) is 36.8 Å². The molecule has 0 aromatic heterocycles. The van der Waals surface area contributed by atoms with Crippen molar-refractivity contribution in [3.63, 3.8) is 0 Å². The minimum Gasteiger partial charge on any atom is -0.507 e. The van der Waals surface area contributed by atoms with Crippen molar-refractivity contribution in [3.05, 3.63) is 59.7 Å². The van der Waals surface area contributed by atoms with E-state index in [2.05, 4.69) is 13.8 Å². The maximum Gasteiger partial charge on any atom is 0.153 e. The highest BCUT2D eigenvalue weighted by molar-refractivity contribution is 5.87. The van der Waals surface area contributed by atoms with Crippen LogP contribution in [0.25, 0.3) is 22.3 Å². The van der Waals surface area contributed by atoms with Crippen molar-refractivity contribution in [3.8, 4) is 45.3 Å². The standard InChI is InChI=1S/C36H46O6/c1-3-5-7-9-11-13-19-41-35-23-32(28-16-18-30(26-38)34(40)22-28)36(42-20-14-12-10-8-6-4-2)24-31(35)27-15-17-29(25-37)33(39)21-27/h15-18,21-26,39-40H,3-14,19-20H2,1-2H3. The molecule has 226 valence electrons. The fraction of sp³-hybridized carbons (Fsp3) is 0.444. The quantitative estimate of drug-likeness (QED) is 0.103. The first-order chi connectivity index (χ1) is 20.5. The number of carbonyl (C=O) groups is 2. The average molecular weight is 575 g/mol. The third-order valence-electron chi connectivity index (χ3n) is 7.53. The van der Waals surface area contributed by atoms with Gasteiger partial charge in [-0.25, -0.2) is 0 Å². The lowest BCUT2D eigenvalue weighted by Crippen LogP contribution is -2.03. The van der Waals surface area contributed by atoms with Crippen LogP contribution in [0.5, 0.6) is 23.0 Å². The summed E-state index contributed by atoms with van der Waals surface area (Å²) in [7, 11) is 0. The van der Waals surface area contributed by atoms with Crippen molar-refractivity contribution in [2.24, 2.45) is 0 Å². The van der Waals surface area contributed by atoms with Crippen LogP contribution in [0.2, 0.25) is 0 Å². The maximum atomic E-state index is 11.3. The largest absolute Gasteiger partial charge is 0.507 e. The normalized spacial score (nSPS) is 10.9. The Morgan fingerprint density at radius 3 is 1.29 bits per heavy atom. The molecule has 0 heterocycles. The first-order valence-electron chi connectivity index (χ1n) is 15.5. The average Bonchev–Trinajstić information content (AvgIpc) is 3.00. The number of hydrogen-bond donors (Lipinski definition) is 2. The van der Waals surface area contributed by atoms with Crippen LogP contribution in [0.1, 0.15) is 112 Å². The van der Waals surface area contributed by atoms with Crippen molar-refractivity contribution in [2.75, 3.05) is 13.2 Å². The molecule has 0 amide bonds. The zero-order valence-electron chi connectivity index (χ0n) is 25.2. The van der Waals surface area contributed by atoms with Crippen LogP contribution in [-0.4, -0.2) is 36.0 Å². The van der Waals surface area contributed by atoms with Gasteiger partial charge >= 0.3 is 0 Å². The van der Waals surface area contributed by atoms with E-state index in [1.54, 1.807) is 36.4 Å². The fourth-order valence-electron chi connectivity index (χ4n) is 5.00. The summed E-state index contributed by atoms with van der Waals surface area (Å²) < 4.78 is 12.7. The summed E-state index contributed by atoms with van der Waals surface area (Å²) in [5.74, 6) is 1.03. The molecule has 0 saturated carbocycles. The van der Waals surface area contributed by atoms with E-state index in [0.29, 0.717) is 48.4 Å². The number of aromatic hydroxyl groups is 2. The number of benzene rings is 3. The van der Waals surface area contributed by atoms with Crippen molar-refractivity contribution in [1.82, 2.24) is 0 Å². The van der Waals surface area contributed by atoms with E-state index in [1.165, 1.54) is 51.4 Å². The number of phenolic OH excluding ortho intramolecular Hbond substituents is 2. The molecule has 0 saturated heterocycles. The molecule has 0 radical (unpaired) electrons. The fourth-order valence-corrected chi connectivity index (χ4v) is 5.00. The summed E-state index contributed by atoms with van der Waals surface area (Å²) in [6, 6.07) is 13.7. The van der Waals surface area contributed by atoms with Crippen LogP contribution in [0.4, 0.5) is 0 Å². The molecule has 3 rings (SSSR count). The monoisotopic (exact) mass is 574 g/mol. The minimum absolute atomic E-state index is 0.0997. The van der Waals surface area contributed by atoms with Crippen molar-refractivity contribution in [1.29, 1.82) is 0 Å². The molecule has 0 aliphatic rings. The van der Waals surface area contributed by atoms with E-state index >= 15 is 0 Å². The Balaban J connectivity index is 1.97. The molecule has 3 aromatic rings. The summed E-state index contributed by atoms with van der Waals surface area (Å²) in [6.07, 6.45) is 14.9. The smallest absolute Gasteiger partial charge is 0.153 e. The Morgan fingerprint density at radius 2 is 0.929 bits per heavy atom. The molecule has 0 aliphatic carbocycles.